The lowest BCUT2D eigenvalue weighted by Crippen LogP contribution is -2.47. The Labute approximate surface area is 151 Å². The van der Waals surface area contributed by atoms with Crippen LogP contribution in [0.1, 0.15) is 12.0 Å². The van der Waals surface area contributed by atoms with Crippen LogP contribution < -0.4 is 10.5 Å². The summed E-state index contributed by atoms with van der Waals surface area (Å²) in [6.07, 6.45) is 3.25. The van der Waals surface area contributed by atoms with E-state index in [2.05, 4.69) is 4.98 Å². The molecule has 1 unspecified atom stereocenters. The number of hydrogen-bond donors (Lipinski definition) is 1. The zero-order valence-electron chi connectivity index (χ0n) is 14.4. The number of aromatic nitrogens is 1. The van der Waals surface area contributed by atoms with E-state index >= 15 is 0 Å². The number of nitrogens with zero attached hydrogens (tertiary/aromatic N) is 2. The van der Waals surface area contributed by atoms with Crippen molar-refractivity contribution in [1.29, 1.82) is 0 Å². The van der Waals surface area contributed by atoms with Crippen molar-refractivity contribution in [1.82, 2.24) is 9.88 Å². The van der Waals surface area contributed by atoms with Gasteiger partial charge in [0.25, 0.3) is 5.91 Å². The zero-order valence-corrected chi connectivity index (χ0v) is 14.4. The number of anilines is 1. The molecule has 2 aromatic rings. The van der Waals surface area contributed by atoms with Gasteiger partial charge in [-0.3, -0.25) is 4.79 Å². The fraction of sp³-hybridized carbons (Fsp3) is 0.368. The molecule has 0 bridgehead atoms. The van der Waals surface area contributed by atoms with E-state index in [1.54, 1.807) is 23.2 Å². The van der Waals surface area contributed by atoms with Crippen molar-refractivity contribution >= 4 is 11.7 Å². The Morgan fingerprint density at radius 1 is 1.38 bits per heavy atom. The number of pyridine rings is 1. The van der Waals surface area contributed by atoms with Gasteiger partial charge in [0, 0.05) is 25.4 Å². The Bertz CT molecular complexity index is 756. The number of hydrogen-bond acceptors (Lipinski definition) is 5. The first-order valence-electron chi connectivity index (χ1n) is 8.58. The van der Waals surface area contributed by atoms with Gasteiger partial charge < -0.3 is 20.1 Å². The van der Waals surface area contributed by atoms with Crippen molar-refractivity contribution in [2.75, 3.05) is 32.0 Å². The fourth-order valence-electron chi connectivity index (χ4n) is 2.89. The van der Waals surface area contributed by atoms with Crippen LogP contribution in [-0.4, -0.2) is 48.2 Å². The molecule has 3 rings (SSSR count). The van der Waals surface area contributed by atoms with E-state index in [4.69, 9.17) is 15.2 Å². The second-order valence-electron chi connectivity index (χ2n) is 6.21. The highest BCUT2D eigenvalue weighted by molar-refractivity contribution is 5.77. The molecule has 1 aromatic carbocycles. The van der Waals surface area contributed by atoms with Crippen molar-refractivity contribution in [3.05, 3.63) is 54.0 Å². The van der Waals surface area contributed by atoms with Crippen LogP contribution in [0.3, 0.4) is 0 Å². The van der Waals surface area contributed by atoms with Crippen molar-refractivity contribution in [2.45, 2.75) is 18.9 Å². The lowest BCUT2D eigenvalue weighted by molar-refractivity contribution is -0.141. The molecule has 1 fully saturated rings. The Balaban J connectivity index is 1.47. The summed E-state index contributed by atoms with van der Waals surface area (Å²) < 4.78 is 24.3. The van der Waals surface area contributed by atoms with Gasteiger partial charge in [0.05, 0.1) is 12.7 Å². The van der Waals surface area contributed by atoms with E-state index in [0.717, 1.165) is 18.4 Å². The number of halogens is 1. The molecule has 1 aliphatic rings. The van der Waals surface area contributed by atoms with E-state index in [9.17, 15) is 9.18 Å². The fourth-order valence-corrected chi connectivity index (χ4v) is 2.89. The van der Waals surface area contributed by atoms with Crippen LogP contribution in [0, 0.1) is 5.82 Å². The monoisotopic (exact) mass is 359 g/mol. The minimum absolute atomic E-state index is 0.0312. The number of morpholine rings is 1. The van der Waals surface area contributed by atoms with Gasteiger partial charge in [-0.2, -0.15) is 0 Å². The molecule has 0 spiro atoms. The van der Waals surface area contributed by atoms with Crippen LogP contribution in [0.2, 0.25) is 0 Å². The first-order chi connectivity index (χ1) is 12.6. The van der Waals surface area contributed by atoms with Gasteiger partial charge in [0.15, 0.2) is 6.61 Å². The average molecular weight is 359 g/mol. The summed E-state index contributed by atoms with van der Waals surface area (Å²) in [6, 6.07) is 9.53. The van der Waals surface area contributed by atoms with Gasteiger partial charge in [0.2, 0.25) is 0 Å². The van der Waals surface area contributed by atoms with Crippen LogP contribution in [0.5, 0.6) is 5.75 Å². The molecule has 2 N–H and O–H groups in total. The third kappa shape index (κ3) is 5.16. The van der Waals surface area contributed by atoms with Gasteiger partial charge in [-0.15, -0.1) is 0 Å². The minimum Gasteiger partial charge on any atom is -0.484 e. The molecule has 0 saturated carbocycles. The molecule has 7 heteroatoms. The maximum atomic E-state index is 13.1. The van der Waals surface area contributed by atoms with Crippen molar-refractivity contribution in [3.8, 4) is 5.75 Å². The van der Waals surface area contributed by atoms with Gasteiger partial charge in [-0.1, -0.05) is 6.07 Å². The second-order valence-corrected chi connectivity index (χ2v) is 6.21. The summed E-state index contributed by atoms with van der Waals surface area (Å²) in [7, 11) is 0. The number of amides is 1. The number of carbonyl (C=O) groups is 1. The number of aryl methyl sites for hydroxylation is 1. The minimum atomic E-state index is -0.391. The number of carbonyl (C=O) groups excluding carboxylic acids is 1. The molecule has 1 amide bonds. The number of benzene rings is 1. The highest BCUT2D eigenvalue weighted by Gasteiger charge is 2.24. The lowest BCUT2D eigenvalue weighted by atomic mass is 10.1. The second kappa shape index (κ2) is 8.62. The Hall–Kier alpha value is -2.67. The van der Waals surface area contributed by atoms with Crippen LogP contribution >= 0.6 is 0 Å². The molecule has 1 aliphatic heterocycles. The van der Waals surface area contributed by atoms with E-state index in [-0.39, 0.29) is 18.6 Å². The van der Waals surface area contributed by atoms with Crippen molar-refractivity contribution < 1.29 is 18.7 Å². The third-order valence-electron chi connectivity index (χ3n) is 4.25. The summed E-state index contributed by atoms with van der Waals surface area (Å²) >= 11 is 0. The van der Waals surface area contributed by atoms with E-state index in [1.807, 2.05) is 12.1 Å². The third-order valence-corrected chi connectivity index (χ3v) is 4.25. The SMILES string of the molecule is Nc1cc(CCC2CN(C(=O)COc3cccc(F)c3)CCO2)ccn1. The smallest absolute Gasteiger partial charge is 0.260 e. The topological polar surface area (TPSA) is 77.7 Å². The molecule has 0 radical (unpaired) electrons. The maximum absolute atomic E-state index is 13.1. The van der Waals surface area contributed by atoms with Crippen LogP contribution in [-0.2, 0) is 16.0 Å². The standard InChI is InChI=1S/C19H22FN3O3/c20-15-2-1-3-16(11-15)26-13-19(24)23-8-9-25-17(12-23)5-4-14-6-7-22-18(21)10-14/h1-3,6-7,10-11,17H,4-5,8-9,12-13H2,(H2,21,22). The quantitative estimate of drug-likeness (QED) is 0.854. The Kier molecular flexibility index (Phi) is 6.01. The summed E-state index contributed by atoms with van der Waals surface area (Å²) in [6.45, 7) is 1.43. The Morgan fingerprint density at radius 3 is 3.08 bits per heavy atom. The molecule has 1 aromatic heterocycles. The van der Waals surface area contributed by atoms with Crippen LogP contribution in [0.15, 0.2) is 42.6 Å². The van der Waals surface area contributed by atoms with Gasteiger partial charge >= 0.3 is 0 Å². The number of rotatable bonds is 6. The van der Waals surface area contributed by atoms with E-state index in [1.165, 1.54) is 12.1 Å². The maximum Gasteiger partial charge on any atom is 0.260 e. The van der Waals surface area contributed by atoms with E-state index < -0.39 is 5.82 Å². The predicted octanol–water partition coefficient (Wildman–Crippen LogP) is 2.04. The molecule has 26 heavy (non-hydrogen) atoms. The first kappa shape index (κ1) is 18.1. The normalized spacial score (nSPS) is 17.1. The zero-order chi connectivity index (χ0) is 18.4. The molecule has 2 heterocycles. The van der Waals surface area contributed by atoms with Gasteiger partial charge in [-0.05, 0) is 42.7 Å². The molecule has 138 valence electrons. The van der Waals surface area contributed by atoms with Crippen LogP contribution in [0.25, 0.3) is 0 Å². The summed E-state index contributed by atoms with van der Waals surface area (Å²) in [4.78, 5) is 18.1. The van der Waals surface area contributed by atoms with Crippen molar-refractivity contribution in [2.24, 2.45) is 0 Å². The highest BCUT2D eigenvalue weighted by atomic mass is 19.1. The summed E-state index contributed by atoms with van der Waals surface area (Å²) in [5, 5.41) is 0. The number of nitrogen functional groups attached to an aromatic ring is 1. The summed E-state index contributed by atoms with van der Waals surface area (Å²) in [5.74, 6) is 0.325. The Morgan fingerprint density at radius 2 is 2.27 bits per heavy atom. The molecule has 0 aliphatic carbocycles. The number of ether oxygens (including phenoxy) is 2. The first-order valence-corrected chi connectivity index (χ1v) is 8.58. The molecule has 6 nitrogen and oxygen atoms in total. The molecule has 1 atom stereocenters. The largest absolute Gasteiger partial charge is 0.484 e. The predicted molar refractivity (Wildman–Crippen MR) is 95.2 cm³/mol. The van der Waals surface area contributed by atoms with E-state index in [0.29, 0.717) is 31.3 Å². The number of nitrogens with two attached hydrogens (primary N) is 1. The average Bonchev–Trinajstić information content (AvgIpc) is 2.65. The molecule has 1 saturated heterocycles. The molecular formula is C19H22FN3O3. The van der Waals surface area contributed by atoms with Crippen molar-refractivity contribution in [3.63, 3.8) is 0 Å². The van der Waals surface area contributed by atoms with Gasteiger partial charge in [0.1, 0.15) is 17.4 Å². The lowest BCUT2D eigenvalue weighted by Gasteiger charge is -2.33. The van der Waals surface area contributed by atoms with Crippen LogP contribution in [0.4, 0.5) is 10.2 Å². The summed E-state index contributed by atoms with van der Waals surface area (Å²) in [5.41, 5.74) is 6.78. The van der Waals surface area contributed by atoms with Gasteiger partial charge in [-0.25, -0.2) is 9.37 Å². The highest BCUT2D eigenvalue weighted by Crippen LogP contribution is 2.15. The molecular weight excluding hydrogens is 337 g/mol.